The molecule has 0 bridgehead atoms. The van der Waals surface area contributed by atoms with Crippen LogP contribution >= 0.6 is 0 Å². The van der Waals surface area contributed by atoms with Gasteiger partial charge in [-0.05, 0) is 30.4 Å². The Morgan fingerprint density at radius 2 is 2.17 bits per heavy atom. The first-order valence-corrected chi connectivity index (χ1v) is 6.48. The van der Waals surface area contributed by atoms with Crippen molar-refractivity contribution in [3.63, 3.8) is 0 Å². The lowest BCUT2D eigenvalue weighted by Crippen LogP contribution is -2.42. The van der Waals surface area contributed by atoms with E-state index < -0.39 is 0 Å². The average molecular weight is 247 g/mol. The van der Waals surface area contributed by atoms with E-state index in [4.69, 9.17) is 4.74 Å². The summed E-state index contributed by atoms with van der Waals surface area (Å²) in [5.41, 5.74) is 3.92. The summed E-state index contributed by atoms with van der Waals surface area (Å²) in [5, 5.41) is 0. The Hall–Kier alpha value is -1.51. The number of carbonyl (C=O) groups excluding carboxylic acids is 1. The van der Waals surface area contributed by atoms with Gasteiger partial charge in [-0.3, -0.25) is 0 Å². The molecule has 0 N–H and O–H groups in total. The Kier molecular flexibility index (Phi) is 3.60. The summed E-state index contributed by atoms with van der Waals surface area (Å²) in [6, 6.07) is 6.64. The summed E-state index contributed by atoms with van der Waals surface area (Å²) >= 11 is 0. The molecule has 98 valence electrons. The van der Waals surface area contributed by atoms with Crippen molar-refractivity contribution in [3.8, 4) is 0 Å². The van der Waals surface area contributed by atoms with Crippen molar-refractivity contribution in [2.75, 3.05) is 13.7 Å². The fraction of sp³-hybridized carbons (Fsp3) is 0.533. The van der Waals surface area contributed by atoms with Gasteiger partial charge in [0.25, 0.3) is 0 Å². The van der Waals surface area contributed by atoms with Crippen LogP contribution in [-0.4, -0.2) is 24.6 Å². The van der Waals surface area contributed by atoms with E-state index in [1.807, 2.05) is 4.90 Å². The maximum absolute atomic E-state index is 11.9. The van der Waals surface area contributed by atoms with E-state index >= 15 is 0 Å². The van der Waals surface area contributed by atoms with Crippen molar-refractivity contribution in [1.82, 2.24) is 4.90 Å². The van der Waals surface area contributed by atoms with Crippen molar-refractivity contribution in [3.05, 3.63) is 34.9 Å². The van der Waals surface area contributed by atoms with E-state index in [0.29, 0.717) is 5.92 Å². The molecule has 0 fully saturated rings. The number of hydrogen-bond acceptors (Lipinski definition) is 2. The molecule has 1 aromatic carbocycles. The van der Waals surface area contributed by atoms with Crippen LogP contribution < -0.4 is 0 Å². The normalized spacial score (nSPS) is 18.7. The monoisotopic (exact) mass is 247 g/mol. The fourth-order valence-corrected chi connectivity index (χ4v) is 2.83. The Morgan fingerprint density at radius 1 is 1.44 bits per heavy atom. The Labute approximate surface area is 109 Å². The van der Waals surface area contributed by atoms with Crippen LogP contribution in [-0.2, 0) is 11.2 Å². The van der Waals surface area contributed by atoms with Crippen molar-refractivity contribution in [2.24, 2.45) is 5.92 Å². The van der Waals surface area contributed by atoms with E-state index in [1.165, 1.54) is 23.8 Å². The maximum Gasteiger partial charge on any atom is 0.410 e. The molecular weight excluding hydrogens is 226 g/mol. The number of carbonyl (C=O) groups is 1. The van der Waals surface area contributed by atoms with Gasteiger partial charge in [0.15, 0.2) is 0 Å². The summed E-state index contributed by atoms with van der Waals surface area (Å²) in [6.45, 7) is 7.15. The second kappa shape index (κ2) is 5.01. The number of aryl methyl sites for hydroxylation is 1. The number of rotatable bonds is 1. The predicted molar refractivity (Wildman–Crippen MR) is 71.6 cm³/mol. The zero-order chi connectivity index (χ0) is 13.3. The van der Waals surface area contributed by atoms with Gasteiger partial charge in [0.1, 0.15) is 0 Å². The van der Waals surface area contributed by atoms with Crippen molar-refractivity contribution in [2.45, 2.75) is 33.2 Å². The zero-order valence-electron chi connectivity index (χ0n) is 11.6. The molecule has 1 aliphatic rings. The second-order valence-electron chi connectivity index (χ2n) is 5.30. The first-order chi connectivity index (χ1) is 8.54. The number of methoxy groups -OCH3 is 1. The third-order valence-corrected chi connectivity index (χ3v) is 3.62. The van der Waals surface area contributed by atoms with Crippen LogP contribution in [0.1, 0.15) is 36.6 Å². The molecule has 1 unspecified atom stereocenters. The number of benzene rings is 1. The molecule has 2 rings (SSSR count). The van der Waals surface area contributed by atoms with Crippen LogP contribution in [0.4, 0.5) is 4.79 Å². The van der Waals surface area contributed by atoms with E-state index in [1.54, 1.807) is 0 Å². The second-order valence-corrected chi connectivity index (χ2v) is 5.30. The summed E-state index contributed by atoms with van der Waals surface area (Å²) in [5.74, 6) is 0.380. The smallest absolute Gasteiger partial charge is 0.410 e. The van der Waals surface area contributed by atoms with Gasteiger partial charge in [-0.2, -0.15) is 0 Å². The van der Waals surface area contributed by atoms with Crippen LogP contribution in [0.3, 0.4) is 0 Å². The van der Waals surface area contributed by atoms with Crippen LogP contribution in [0.25, 0.3) is 0 Å². The number of fused-ring (bicyclic) bond motifs is 1. The highest BCUT2D eigenvalue weighted by Crippen LogP contribution is 2.35. The van der Waals surface area contributed by atoms with Crippen molar-refractivity contribution < 1.29 is 9.53 Å². The minimum Gasteiger partial charge on any atom is -0.453 e. The predicted octanol–water partition coefficient (Wildman–Crippen LogP) is 3.32. The van der Waals surface area contributed by atoms with Crippen molar-refractivity contribution in [1.29, 1.82) is 0 Å². The zero-order valence-corrected chi connectivity index (χ0v) is 11.6. The van der Waals surface area contributed by atoms with Crippen LogP contribution in [0, 0.1) is 12.8 Å². The number of hydrogen-bond donors (Lipinski definition) is 0. The van der Waals surface area contributed by atoms with Gasteiger partial charge in [-0.1, -0.05) is 37.6 Å². The number of amides is 1. The van der Waals surface area contributed by atoms with E-state index in [0.717, 1.165) is 13.0 Å². The molecule has 0 saturated carbocycles. The lowest BCUT2D eigenvalue weighted by atomic mass is 9.86. The molecule has 0 spiro atoms. The quantitative estimate of drug-likeness (QED) is 0.762. The van der Waals surface area contributed by atoms with E-state index in [2.05, 4.69) is 39.0 Å². The number of nitrogens with zero attached hydrogens (tertiary/aromatic N) is 1. The molecule has 3 heteroatoms. The SMILES string of the molecule is COC(=O)N1CCc2cc(C)ccc2C1C(C)C. The molecule has 1 aromatic rings. The summed E-state index contributed by atoms with van der Waals surface area (Å²) < 4.78 is 4.90. The minimum atomic E-state index is -0.222. The van der Waals surface area contributed by atoms with Crippen molar-refractivity contribution >= 4 is 6.09 Å². The standard InChI is InChI=1S/C15H21NO2/c1-10(2)14-13-6-5-11(3)9-12(13)7-8-16(14)15(17)18-4/h5-6,9-10,14H,7-8H2,1-4H3. The highest BCUT2D eigenvalue weighted by atomic mass is 16.5. The fourth-order valence-electron chi connectivity index (χ4n) is 2.83. The first kappa shape index (κ1) is 12.9. The van der Waals surface area contributed by atoms with E-state index in [9.17, 15) is 4.79 Å². The molecule has 1 atom stereocenters. The largest absolute Gasteiger partial charge is 0.453 e. The molecule has 3 nitrogen and oxygen atoms in total. The third-order valence-electron chi connectivity index (χ3n) is 3.62. The van der Waals surface area contributed by atoms with Gasteiger partial charge in [-0.15, -0.1) is 0 Å². The molecule has 0 saturated heterocycles. The lowest BCUT2D eigenvalue weighted by molar-refractivity contribution is 0.0877. The summed E-state index contributed by atoms with van der Waals surface area (Å²) in [4.78, 5) is 13.7. The van der Waals surface area contributed by atoms with Crippen LogP contribution in [0.2, 0.25) is 0 Å². The average Bonchev–Trinajstić information content (AvgIpc) is 2.35. The van der Waals surface area contributed by atoms with Gasteiger partial charge in [0.2, 0.25) is 0 Å². The third kappa shape index (κ3) is 2.22. The molecule has 0 aliphatic carbocycles. The maximum atomic E-state index is 11.9. The highest BCUT2D eigenvalue weighted by molar-refractivity contribution is 5.69. The van der Waals surface area contributed by atoms with E-state index in [-0.39, 0.29) is 12.1 Å². The molecule has 1 aliphatic heterocycles. The summed E-state index contributed by atoms with van der Waals surface area (Å²) in [6.07, 6.45) is 0.690. The topological polar surface area (TPSA) is 29.5 Å². The molecule has 0 aromatic heterocycles. The van der Waals surface area contributed by atoms with Crippen LogP contribution in [0.5, 0.6) is 0 Å². The summed E-state index contributed by atoms with van der Waals surface area (Å²) in [7, 11) is 1.45. The number of ether oxygens (including phenoxy) is 1. The van der Waals surface area contributed by atoms with Gasteiger partial charge in [0.05, 0.1) is 13.2 Å². The molecule has 1 heterocycles. The molecule has 1 amide bonds. The lowest BCUT2D eigenvalue weighted by Gasteiger charge is -2.38. The molecular formula is C15H21NO2. The minimum absolute atomic E-state index is 0.127. The molecule has 18 heavy (non-hydrogen) atoms. The first-order valence-electron chi connectivity index (χ1n) is 6.48. The van der Waals surface area contributed by atoms with Crippen LogP contribution in [0.15, 0.2) is 18.2 Å². The highest BCUT2D eigenvalue weighted by Gasteiger charge is 2.33. The van der Waals surface area contributed by atoms with Gasteiger partial charge in [0, 0.05) is 6.54 Å². The Morgan fingerprint density at radius 3 is 2.78 bits per heavy atom. The Bertz CT molecular complexity index is 454. The Balaban J connectivity index is 2.42. The van der Waals surface area contributed by atoms with Gasteiger partial charge >= 0.3 is 6.09 Å². The van der Waals surface area contributed by atoms with Gasteiger partial charge in [-0.25, -0.2) is 4.79 Å². The molecule has 0 radical (unpaired) electrons. The van der Waals surface area contributed by atoms with Gasteiger partial charge < -0.3 is 9.64 Å².